The maximum absolute atomic E-state index is 13.9. The molecule has 0 amide bonds. The van der Waals surface area contributed by atoms with Crippen LogP contribution < -0.4 is 5.73 Å². The fraction of sp³-hybridized carbons (Fsp3) is 0.391. The molecular formula is C23H24F6N2. The highest BCUT2D eigenvalue weighted by Gasteiger charge is 2.39. The third-order valence-corrected chi connectivity index (χ3v) is 5.44. The van der Waals surface area contributed by atoms with Gasteiger partial charge in [0.25, 0.3) is 0 Å². The average Bonchev–Trinajstić information content (AvgIpc) is 2.97. The monoisotopic (exact) mass is 442 g/mol. The number of hydrogen-bond acceptors (Lipinski definition) is 1. The number of fused-ring (bicyclic) bond motifs is 1. The predicted molar refractivity (Wildman–Crippen MR) is 110 cm³/mol. The van der Waals surface area contributed by atoms with Gasteiger partial charge in [-0.15, -0.1) is 0 Å². The third-order valence-electron chi connectivity index (χ3n) is 5.44. The van der Waals surface area contributed by atoms with E-state index >= 15 is 0 Å². The van der Waals surface area contributed by atoms with E-state index in [1.807, 2.05) is 32.9 Å². The Labute approximate surface area is 176 Å². The molecule has 8 heteroatoms. The summed E-state index contributed by atoms with van der Waals surface area (Å²) >= 11 is 0. The number of aromatic amines is 1. The molecule has 0 aliphatic rings. The van der Waals surface area contributed by atoms with Crippen LogP contribution in [0.15, 0.2) is 24.3 Å². The molecule has 1 heterocycles. The molecule has 3 aromatic rings. The quantitative estimate of drug-likeness (QED) is 0.322. The maximum Gasteiger partial charge on any atom is 0.417 e. The molecule has 0 saturated heterocycles. The lowest BCUT2D eigenvalue weighted by Crippen LogP contribution is -2.11. The molecule has 0 aliphatic carbocycles. The summed E-state index contributed by atoms with van der Waals surface area (Å²) in [5.41, 5.74) is 6.98. The van der Waals surface area contributed by atoms with E-state index in [9.17, 15) is 26.3 Å². The molecular weight excluding hydrogens is 418 g/mol. The van der Waals surface area contributed by atoms with Crippen LogP contribution >= 0.6 is 0 Å². The van der Waals surface area contributed by atoms with Crippen molar-refractivity contribution in [3.05, 3.63) is 57.6 Å². The fourth-order valence-corrected chi connectivity index (χ4v) is 4.27. The molecule has 0 atom stereocenters. The van der Waals surface area contributed by atoms with Gasteiger partial charge >= 0.3 is 12.4 Å². The molecule has 2 nitrogen and oxygen atoms in total. The number of hydrogen-bond donors (Lipinski definition) is 2. The predicted octanol–water partition coefficient (Wildman–Crippen LogP) is 7.08. The van der Waals surface area contributed by atoms with Crippen LogP contribution in [0.5, 0.6) is 0 Å². The number of nitrogens with one attached hydrogen (secondary N) is 1. The second-order valence-corrected chi connectivity index (χ2v) is 7.94. The lowest BCUT2D eigenvalue weighted by atomic mass is 9.91. The minimum atomic E-state index is -4.93. The minimum Gasteiger partial charge on any atom is -0.354 e. The zero-order valence-electron chi connectivity index (χ0n) is 17.5. The van der Waals surface area contributed by atoms with Crippen molar-refractivity contribution in [2.45, 2.75) is 52.4 Å². The van der Waals surface area contributed by atoms with Gasteiger partial charge in [-0.25, -0.2) is 0 Å². The fourth-order valence-electron chi connectivity index (χ4n) is 4.27. The Morgan fingerprint density at radius 3 is 1.97 bits per heavy atom. The van der Waals surface area contributed by atoms with Gasteiger partial charge < -0.3 is 10.7 Å². The van der Waals surface area contributed by atoms with Crippen molar-refractivity contribution in [1.82, 2.24) is 4.98 Å². The molecule has 3 N–H and O–H groups in total. The van der Waals surface area contributed by atoms with Crippen LogP contribution in [0.2, 0.25) is 0 Å². The minimum absolute atomic E-state index is 0.167. The Kier molecular flexibility index (Phi) is 6.15. The van der Waals surface area contributed by atoms with Crippen molar-refractivity contribution < 1.29 is 26.3 Å². The van der Waals surface area contributed by atoms with Crippen molar-refractivity contribution in [1.29, 1.82) is 0 Å². The van der Waals surface area contributed by atoms with Crippen molar-refractivity contribution in [3.8, 4) is 11.3 Å². The molecule has 0 radical (unpaired) electrons. The van der Waals surface area contributed by atoms with E-state index in [4.69, 9.17) is 5.73 Å². The van der Waals surface area contributed by atoms with E-state index in [1.165, 1.54) is 0 Å². The third kappa shape index (κ3) is 4.59. The molecule has 0 unspecified atom stereocenters. The van der Waals surface area contributed by atoms with Crippen LogP contribution in [-0.2, 0) is 18.8 Å². The standard InChI is InChI=1S/C23H24F6N2/c1-12-8-13(2)19(14(3)9-12)21-16(6-4-5-7-30)20-17(23(27,28)29)10-15(22(24,25)26)11-18(20)31-21/h8-11,31H,4-7,30H2,1-3H3. The van der Waals surface area contributed by atoms with Gasteiger partial charge in [-0.2, -0.15) is 26.3 Å². The van der Waals surface area contributed by atoms with E-state index in [1.54, 1.807) is 0 Å². The molecule has 2 aromatic carbocycles. The SMILES string of the molecule is Cc1cc(C)c(-c2[nH]c3cc(C(F)(F)F)cc(C(F)(F)F)c3c2CCCCN)c(C)c1. The smallest absolute Gasteiger partial charge is 0.354 e. The molecule has 1 aromatic heterocycles. The molecule has 31 heavy (non-hydrogen) atoms. The second-order valence-electron chi connectivity index (χ2n) is 7.94. The summed E-state index contributed by atoms with van der Waals surface area (Å²) < 4.78 is 81.6. The molecule has 0 spiro atoms. The van der Waals surface area contributed by atoms with Crippen molar-refractivity contribution in [2.24, 2.45) is 5.73 Å². The summed E-state index contributed by atoms with van der Waals surface area (Å²) in [6.45, 7) is 5.98. The highest BCUT2D eigenvalue weighted by Crippen LogP contribution is 2.44. The topological polar surface area (TPSA) is 41.8 Å². The summed E-state index contributed by atoms with van der Waals surface area (Å²) in [6.07, 6.45) is -8.43. The molecule has 3 rings (SSSR count). The number of aromatic nitrogens is 1. The summed E-state index contributed by atoms with van der Waals surface area (Å²) in [6, 6.07) is 4.78. The summed E-state index contributed by atoms with van der Waals surface area (Å²) in [4.78, 5) is 2.90. The number of halogens is 6. The number of rotatable bonds is 5. The lowest BCUT2D eigenvalue weighted by molar-refractivity contribution is -0.142. The first-order valence-corrected chi connectivity index (χ1v) is 9.96. The van der Waals surface area contributed by atoms with Gasteiger partial charge in [-0.3, -0.25) is 0 Å². The zero-order chi connectivity index (χ0) is 23.1. The van der Waals surface area contributed by atoms with Crippen LogP contribution in [0.1, 0.15) is 46.2 Å². The van der Waals surface area contributed by atoms with E-state index in [0.717, 1.165) is 22.8 Å². The van der Waals surface area contributed by atoms with Crippen molar-refractivity contribution >= 4 is 10.9 Å². The highest BCUT2D eigenvalue weighted by molar-refractivity contribution is 5.95. The molecule has 0 saturated carbocycles. The summed E-state index contributed by atoms with van der Waals surface area (Å²) in [7, 11) is 0. The maximum atomic E-state index is 13.9. The number of benzene rings is 2. The van der Waals surface area contributed by atoms with Crippen LogP contribution in [-0.4, -0.2) is 11.5 Å². The number of unbranched alkanes of at least 4 members (excludes halogenated alkanes) is 1. The van der Waals surface area contributed by atoms with Gasteiger partial charge in [-0.05, 0) is 75.4 Å². The van der Waals surface area contributed by atoms with Crippen LogP contribution in [0.3, 0.4) is 0 Å². The number of aryl methyl sites for hydroxylation is 4. The van der Waals surface area contributed by atoms with Crippen LogP contribution in [0.4, 0.5) is 26.3 Å². The van der Waals surface area contributed by atoms with Gasteiger partial charge in [0, 0.05) is 16.5 Å². The Morgan fingerprint density at radius 1 is 0.839 bits per heavy atom. The molecule has 0 bridgehead atoms. The first kappa shape index (κ1) is 23.2. The first-order valence-electron chi connectivity index (χ1n) is 9.96. The molecule has 0 aliphatic heterocycles. The van der Waals surface area contributed by atoms with Crippen molar-refractivity contribution in [2.75, 3.05) is 6.54 Å². The van der Waals surface area contributed by atoms with Gasteiger partial charge in [0.2, 0.25) is 0 Å². The zero-order valence-corrected chi connectivity index (χ0v) is 17.5. The molecule has 0 fully saturated rings. The normalized spacial score (nSPS) is 12.7. The average molecular weight is 442 g/mol. The van der Waals surface area contributed by atoms with Gasteiger partial charge in [0.15, 0.2) is 0 Å². The Morgan fingerprint density at radius 2 is 1.45 bits per heavy atom. The first-order chi connectivity index (χ1) is 14.3. The highest BCUT2D eigenvalue weighted by atomic mass is 19.4. The van der Waals surface area contributed by atoms with Gasteiger partial charge in [0.1, 0.15) is 0 Å². The number of alkyl halides is 6. The van der Waals surface area contributed by atoms with E-state index in [0.29, 0.717) is 36.2 Å². The van der Waals surface area contributed by atoms with Crippen LogP contribution in [0.25, 0.3) is 22.2 Å². The Balaban J connectivity index is 2.41. The molecule has 168 valence electrons. The number of H-pyrrole nitrogens is 1. The van der Waals surface area contributed by atoms with E-state index in [2.05, 4.69) is 4.98 Å². The lowest BCUT2D eigenvalue weighted by Gasteiger charge is -2.15. The van der Waals surface area contributed by atoms with E-state index < -0.39 is 23.5 Å². The van der Waals surface area contributed by atoms with Crippen LogP contribution in [0, 0.1) is 20.8 Å². The van der Waals surface area contributed by atoms with Gasteiger partial charge in [0.05, 0.1) is 16.8 Å². The van der Waals surface area contributed by atoms with Gasteiger partial charge in [-0.1, -0.05) is 17.7 Å². The second kappa shape index (κ2) is 8.22. The van der Waals surface area contributed by atoms with E-state index in [-0.39, 0.29) is 23.4 Å². The number of nitrogens with two attached hydrogens (primary N) is 1. The largest absolute Gasteiger partial charge is 0.417 e. The van der Waals surface area contributed by atoms with Crippen molar-refractivity contribution in [3.63, 3.8) is 0 Å². The Bertz CT molecular complexity index is 1080. The summed E-state index contributed by atoms with van der Waals surface area (Å²) in [5.74, 6) is 0. The summed E-state index contributed by atoms with van der Waals surface area (Å²) in [5, 5.41) is -0.202. The Hall–Kier alpha value is -2.48.